The fourth-order valence-electron chi connectivity index (χ4n) is 8.12. The number of fused-ring (bicyclic) bond motifs is 4. The quantitative estimate of drug-likeness (QED) is 0.173. The molecule has 7 nitrogen and oxygen atoms in total. The van der Waals surface area contributed by atoms with Gasteiger partial charge in [0.05, 0.1) is 44.8 Å². The van der Waals surface area contributed by atoms with E-state index in [0.717, 1.165) is 92.5 Å². The lowest BCUT2D eigenvalue weighted by molar-refractivity contribution is 0.483. The van der Waals surface area contributed by atoms with Gasteiger partial charge >= 0.3 is 0 Å². The fraction of sp³-hybridized carbons (Fsp3) is 0.130. The lowest BCUT2D eigenvalue weighted by atomic mass is 9.95. The first kappa shape index (κ1) is 32.6. The predicted molar refractivity (Wildman–Crippen MR) is 217 cm³/mol. The molecule has 1 N–H and O–H groups in total. The van der Waals surface area contributed by atoms with E-state index in [9.17, 15) is 13.0 Å². The number of benzene rings is 6. The number of rotatable bonds is 6. The van der Waals surface area contributed by atoms with E-state index in [1.54, 1.807) is 0 Å². The third-order valence-corrected chi connectivity index (χ3v) is 11.6. The van der Waals surface area contributed by atoms with Gasteiger partial charge in [0.2, 0.25) is 0 Å². The summed E-state index contributed by atoms with van der Waals surface area (Å²) in [5, 5.41) is 0. The van der Waals surface area contributed by atoms with Gasteiger partial charge < -0.3 is 0 Å². The van der Waals surface area contributed by atoms with Crippen molar-refractivity contribution in [1.82, 2.24) is 0 Å². The predicted octanol–water partition coefficient (Wildman–Crippen LogP) is 10.3. The van der Waals surface area contributed by atoms with Crippen molar-refractivity contribution in [3.05, 3.63) is 160 Å². The Hall–Kier alpha value is -6.09. The molecule has 0 fully saturated rings. The second-order valence-corrected chi connectivity index (χ2v) is 16.1. The molecule has 0 amide bonds. The summed E-state index contributed by atoms with van der Waals surface area (Å²) in [6.45, 7) is 3.90. The Morgan fingerprint density at radius 2 is 0.870 bits per heavy atom. The zero-order valence-electron chi connectivity index (χ0n) is 29.8. The zero-order valence-corrected chi connectivity index (χ0v) is 30.6. The molecule has 10 rings (SSSR count). The minimum absolute atomic E-state index is 0.118. The summed E-state index contributed by atoms with van der Waals surface area (Å²) in [7, 11) is -4.32. The van der Waals surface area contributed by atoms with Gasteiger partial charge in [-0.05, 0) is 147 Å². The standard InChI is InChI=1S/C46H34N4O3S/c1-26-14-34(22-39(15-26)54(51,52)53)46-25-38-20-31(9-13-43(38)50-46)30-8-12-42-37(19-30)24-45(49-42)33-5-3-4-32(21-33)44-23-36-18-29(7-11-41(36)48-44)28-6-10-40-35(17-28)16-27(2)47-40/h3-15,17-22H,16,23-25H2,1-2H3,(H,51,52,53). The molecular formula is C46H34N4O3S. The van der Waals surface area contributed by atoms with Gasteiger partial charge in [0.25, 0.3) is 10.1 Å². The van der Waals surface area contributed by atoms with Crippen LogP contribution in [0.1, 0.15) is 51.4 Å². The van der Waals surface area contributed by atoms with E-state index in [0.29, 0.717) is 12.0 Å². The number of aryl methyl sites for hydroxylation is 1. The van der Waals surface area contributed by atoms with Gasteiger partial charge in [0, 0.05) is 31.4 Å². The molecule has 262 valence electrons. The molecule has 6 aromatic carbocycles. The molecule has 0 aliphatic carbocycles. The maximum atomic E-state index is 11.8. The summed E-state index contributed by atoms with van der Waals surface area (Å²) in [4.78, 5) is 19.5. The average Bonchev–Trinajstić information content (AvgIpc) is 3.96. The zero-order chi connectivity index (χ0) is 36.7. The third kappa shape index (κ3) is 5.84. The summed E-state index contributed by atoms with van der Waals surface area (Å²) in [6, 6.07) is 39.4. The Bertz CT molecular complexity index is 2880. The highest BCUT2D eigenvalue weighted by Crippen LogP contribution is 2.39. The van der Waals surface area contributed by atoms with Crippen LogP contribution in [0.25, 0.3) is 22.3 Å². The number of hydrogen-bond acceptors (Lipinski definition) is 6. The van der Waals surface area contributed by atoms with Crippen LogP contribution in [-0.2, 0) is 35.8 Å². The van der Waals surface area contributed by atoms with Gasteiger partial charge in [-0.25, -0.2) is 0 Å². The number of nitrogens with zero attached hydrogens (tertiary/aromatic N) is 4. The maximum absolute atomic E-state index is 11.8. The Labute approximate surface area is 314 Å². The first-order valence-corrected chi connectivity index (χ1v) is 19.5. The SMILES string of the molecule is CC1=Nc2ccc(-c3ccc4c(c3)CC(c3cccc(C5=Nc6ccc(-c7ccc8c(c7)CC(c7cc(C)cc(S(=O)(=O)O)c7)=N8)cc6C5)c3)=N4)cc2C1. The average molecular weight is 723 g/mol. The molecule has 4 aliphatic heterocycles. The summed E-state index contributed by atoms with van der Waals surface area (Å²) in [5.74, 6) is 0. The van der Waals surface area contributed by atoms with Crippen molar-refractivity contribution in [1.29, 1.82) is 0 Å². The van der Waals surface area contributed by atoms with E-state index < -0.39 is 10.1 Å². The van der Waals surface area contributed by atoms with Gasteiger partial charge in [-0.3, -0.25) is 24.5 Å². The lowest BCUT2D eigenvalue weighted by Crippen LogP contribution is -2.05. The normalized spacial score (nSPS) is 15.2. The molecule has 0 spiro atoms. The summed E-state index contributed by atoms with van der Waals surface area (Å²) >= 11 is 0. The Morgan fingerprint density at radius 3 is 1.33 bits per heavy atom. The molecule has 0 bridgehead atoms. The van der Waals surface area contributed by atoms with Crippen molar-refractivity contribution in [2.75, 3.05) is 0 Å². The first-order valence-electron chi connectivity index (χ1n) is 18.1. The van der Waals surface area contributed by atoms with Crippen LogP contribution >= 0.6 is 0 Å². The maximum Gasteiger partial charge on any atom is 0.294 e. The molecule has 0 unspecified atom stereocenters. The van der Waals surface area contributed by atoms with Crippen molar-refractivity contribution in [3.8, 4) is 22.3 Å². The molecule has 54 heavy (non-hydrogen) atoms. The van der Waals surface area contributed by atoms with Crippen molar-refractivity contribution >= 4 is 55.7 Å². The van der Waals surface area contributed by atoms with Gasteiger partial charge in [-0.2, -0.15) is 8.42 Å². The highest BCUT2D eigenvalue weighted by Gasteiger charge is 2.23. The molecule has 0 aromatic heterocycles. The molecule has 6 aromatic rings. The van der Waals surface area contributed by atoms with Gasteiger partial charge in [0.1, 0.15) is 0 Å². The molecule has 4 heterocycles. The largest absolute Gasteiger partial charge is 0.294 e. The van der Waals surface area contributed by atoms with Crippen molar-refractivity contribution in [2.45, 2.75) is 44.4 Å². The van der Waals surface area contributed by atoms with E-state index in [1.165, 1.54) is 45.7 Å². The van der Waals surface area contributed by atoms with Gasteiger partial charge in [-0.1, -0.05) is 48.5 Å². The Morgan fingerprint density at radius 1 is 0.444 bits per heavy atom. The topological polar surface area (TPSA) is 104 Å². The number of aliphatic imine (C=N–C) groups is 4. The van der Waals surface area contributed by atoms with Crippen LogP contribution in [0, 0.1) is 6.92 Å². The second kappa shape index (κ2) is 12.2. The highest BCUT2D eigenvalue weighted by atomic mass is 32.2. The minimum Gasteiger partial charge on any atom is -0.282 e. The van der Waals surface area contributed by atoms with Crippen LogP contribution in [0.2, 0.25) is 0 Å². The molecule has 0 atom stereocenters. The molecule has 0 saturated carbocycles. The monoisotopic (exact) mass is 722 g/mol. The minimum atomic E-state index is -4.32. The van der Waals surface area contributed by atoms with E-state index in [4.69, 9.17) is 15.0 Å². The van der Waals surface area contributed by atoms with Crippen LogP contribution in [0.15, 0.2) is 140 Å². The summed E-state index contributed by atoms with van der Waals surface area (Å²) in [6.07, 6.45) is 3.03. The second-order valence-electron chi connectivity index (χ2n) is 14.7. The number of hydrogen-bond donors (Lipinski definition) is 1. The van der Waals surface area contributed by atoms with Crippen molar-refractivity contribution in [3.63, 3.8) is 0 Å². The van der Waals surface area contributed by atoms with Crippen LogP contribution < -0.4 is 0 Å². The van der Waals surface area contributed by atoms with Crippen LogP contribution in [0.5, 0.6) is 0 Å². The van der Waals surface area contributed by atoms with E-state index in [-0.39, 0.29) is 4.90 Å². The Kier molecular flexibility index (Phi) is 7.37. The van der Waals surface area contributed by atoms with Gasteiger partial charge in [-0.15, -0.1) is 0 Å². The molecule has 0 saturated heterocycles. The first-order chi connectivity index (χ1) is 26.1. The van der Waals surface area contributed by atoms with Gasteiger partial charge in [0.15, 0.2) is 0 Å². The van der Waals surface area contributed by atoms with Crippen molar-refractivity contribution < 1.29 is 13.0 Å². The summed E-state index contributed by atoms with van der Waals surface area (Å²) < 4.78 is 33.3. The molecule has 0 radical (unpaired) electrons. The molecular weight excluding hydrogens is 689 g/mol. The molecule has 8 heteroatoms. The molecule has 4 aliphatic rings. The van der Waals surface area contributed by atoms with Crippen LogP contribution in [-0.4, -0.2) is 35.8 Å². The van der Waals surface area contributed by atoms with Crippen LogP contribution in [0.4, 0.5) is 22.7 Å². The fourth-order valence-corrected chi connectivity index (χ4v) is 8.73. The van der Waals surface area contributed by atoms with E-state index in [1.807, 2.05) is 19.1 Å². The van der Waals surface area contributed by atoms with Crippen LogP contribution in [0.3, 0.4) is 0 Å². The van der Waals surface area contributed by atoms with E-state index in [2.05, 4.69) is 103 Å². The van der Waals surface area contributed by atoms with Crippen molar-refractivity contribution in [2.24, 2.45) is 20.0 Å². The summed E-state index contributed by atoms with van der Waals surface area (Å²) in [5.41, 5.74) is 21.2. The highest BCUT2D eigenvalue weighted by molar-refractivity contribution is 7.85. The smallest absolute Gasteiger partial charge is 0.282 e. The van der Waals surface area contributed by atoms with E-state index >= 15 is 0 Å². The lowest BCUT2D eigenvalue weighted by Gasteiger charge is -2.08. The Balaban J connectivity index is 0.842. The third-order valence-electron chi connectivity index (χ3n) is 10.8.